The summed E-state index contributed by atoms with van der Waals surface area (Å²) in [7, 11) is 0. The summed E-state index contributed by atoms with van der Waals surface area (Å²) in [5.74, 6) is -1.59. The average molecular weight is 270 g/mol. The van der Waals surface area contributed by atoms with Crippen LogP contribution in [-0.4, -0.2) is 44.3 Å². The van der Waals surface area contributed by atoms with Crippen LogP contribution in [0.4, 0.5) is 8.78 Å². The Kier molecular flexibility index (Phi) is 5.24. The molecule has 3 nitrogen and oxygen atoms in total. The van der Waals surface area contributed by atoms with Crippen LogP contribution in [0.15, 0.2) is 18.2 Å². The first kappa shape index (κ1) is 14.4. The van der Waals surface area contributed by atoms with Crippen molar-refractivity contribution in [3.05, 3.63) is 35.4 Å². The highest BCUT2D eigenvalue weighted by Crippen LogP contribution is 2.15. The first-order valence-electron chi connectivity index (χ1n) is 6.65. The van der Waals surface area contributed by atoms with Gasteiger partial charge in [-0.3, -0.25) is 4.90 Å². The maximum Gasteiger partial charge on any atom is 0.159 e. The Morgan fingerprint density at radius 2 is 2.00 bits per heavy atom. The van der Waals surface area contributed by atoms with Gasteiger partial charge in [-0.2, -0.15) is 0 Å². The Balaban J connectivity index is 1.76. The predicted molar refractivity (Wildman–Crippen MR) is 70.0 cm³/mol. The topological polar surface area (TPSA) is 24.5 Å². The summed E-state index contributed by atoms with van der Waals surface area (Å²) in [4.78, 5) is 2.33. The molecule has 1 aromatic carbocycles. The van der Waals surface area contributed by atoms with Gasteiger partial charge in [-0.1, -0.05) is 6.07 Å². The summed E-state index contributed by atoms with van der Waals surface area (Å²) < 4.78 is 31.3. The van der Waals surface area contributed by atoms with Gasteiger partial charge in [0.2, 0.25) is 0 Å². The molecule has 5 heteroatoms. The van der Waals surface area contributed by atoms with Crippen LogP contribution in [0, 0.1) is 11.6 Å². The van der Waals surface area contributed by atoms with Crippen molar-refractivity contribution < 1.29 is 13.5 Å². The molecule has 0 radical (unpaired) electrons. The largest absolute Gasteiger partial charge is 0.379 e. The van der Waals surface area contributed by atoms with E-state index >= 15 is 0 Å². The summed E-state index contributed by atoms with van der Waals surface area (Å²) in [6, 6.07) is 4.05. The van der Waals surface area contributed by atoms with E-state index in [-0.39, 0.29) is 6.04 Å². The van der Waals surface area contributed by atoms with Crippen LogP contribution in [0.5, 0.6) is 0 Å². The van der Waals surface area contributed by atoms with Crippen LogP contribution in [-0.2, 0) is 4.74 Å². The van der Waals surface area contributed by atoms with E-state index in [1.165, 1.54) is 12.1 Å². The zero-order valence-electron chi connectivity index (χ0n) is 11.2. The van der Waals surface area contributed by atoms with Crippen LogP contribution in [0.3, 0.4) is 0 Å². The molecule has 1 unspecified atom stereocenters. The molecule has 1 aliphatic rings. The molecule has 106 valence electrons. The van der Waals surface area contributed by atoms with Crippen molar-refractivity contribution in [2.45, 2.75) is 13.0 Å². The minimum Gasteiger partial charge on any atom is -0.379 e. The second-order valence-electron chi connectivity index (χ2n) is 4.80. The van der Waals surface area contributed by atoms with Crippen LogP contribution >= 0.6 is 0 Å². The van der Waals surface area contributed by atoms with Gasteiger partial charge in [-0.05, 0) is 24.6 Å². The van der Waals surface area contributed by atoms with Crippen molar-refractivity contribution >= 4 is 0 Å². The summed E-state index contributed by atoms with van der Waals surface area (Å²) in [6.45, 7) is 7.21. The van der Waals surface area contributed by atoms with E-state index in [4.69, 9.17) is 4.74 Å². The van der Waals surface area contributed by atoms with Crippen molar-refractivity contribution in [3.63, 3.8) is 0 Å². The third-order valence-electron chi connectivity index (χ3n) is 3.43. The Bertz CT molecular complexity index is 408. The SMILES string of the molecule is CC(NCCN1CCOCC1)c1ccc(F)c(F)c1. The highest BCUT2D eigenvalue weighted by molar-refractivity contribution is 5.20. The van der Waals surface area contributed by atoms with Gasteiger partial charge in [0, 0.05) is 32.2 Å². The number of nitrogens with one attached hydrogen (secondary N) is 1. The molecule has 19 heavy (non-hydrogen) atoms. The molecular formula is C14H20F2N2O. The summed E-state index contributed by atoms with van der Waals surface area (Å²) >= 11 is 0. The third-order valence-corrected chi connectivity index (χ3v) is 3.43. The second-order valence-corrected chi connectivity index (χ2v) is 4.80. The average Bonchev–Trinajstić information content (AvgIpc) is 2.43. The maximum absolute atomic E-state index is 13.1. The lowest BCUT2D eigenvalue weighted by Crippen LogP contribution is -2.40. The molecular weight excluding hydrogens is 250 g/mol. The van der Waals surface area contributed by atoms with Crippen molar-refractivity contribution in [2.24, 2.45) is 0 Å². The first-order chi connectivity index (χ1) is 9.16. The molecule has 1 atom stereocenters. The maximum atomic E-state index is 13.1. The van der Waals surface area contributed by atoms with Crippen molar-refractivity contribution in [3.8, 4) is 0 Å². The van der Waals surface area contributed by atoms with E-state index < -0.39 is 11.6 Å². The number of hydrogen-bond acceptors (Lipinski definition) is 3. The Labute approximate surface area is 112 Å². The molecule has 2 rings (SSSR count). The molecule has 0 saturated carbocycles. The monoisotopic (exact) mass is 270 g/mol. The summed E-state index contributed by atoms with van der Waals surface area (Å²) in [5, 5.41) is 3.32. The number of ether oxygens (including phenoxy) is 1. The molecule has 0 amide bonds. The minimum atomic E-state index is -0.802. The van der Waals surface area contributed by atoms with Gasteiger partial charge in [-0.25, -0.2) is 8.78 Å². The Hall–Kier alpha value is -1.04. The van der Waals surface area contributed by atoms with Gasteiger partial charge in [0.25, 0.3) is 0 Å². The van der Waals surface area contributed by atoms with Gasteiger partial charge in [0.15, 0.2) is 11.6 Å². The number of benzene rings is 1. The lowest BCUT2D eigenvalue weighted by Gasteiger charge is -2.27. The van der Waals surface area contributed by atoms with E-state index in [1.807, 2.05) is 6.92 Å². The van der Waals surface area contributed by atoms with Gasteiger partial charge in [0.1, 0.15) is 0 Å². The molecule has 1 saturated heterocycles. The zero-order chi connectivity index (χ0) is 13.7. The lowest BCUT2D eigenvalue weighted by molar-refractivity contribution is 0.0382. The van der Waals surface area contributed by atoms with Gasteiger partial charge < -0.3 is 10.1 Å². The minimum absolute atomic E-state index is 0.0103. The third kappa shape index (κ3) is 4.23. The molecule has 0 aromatic heterocycles. The molecule has 1 heterocycles. The lowest BCUT2D eigenvalue weighted by atomic mass is 10.1. The highest BCUT2D eigenvalue weighted by Gasteiger charge is 2.11. The molecule has 1 N–H and O–H groups in total. The molecule has 1 aliphatic heterocycles. The zero-order valence-corrected chi connectivity index (χ0v) is 11.2. The van der Waals surface area contributed by atoms with E-state index in [0.717, 1.165) is 45.0 Å². The Morgan fingerprint density at radius 1 is 1.26 bits per heavy atom. The normalized spacial score (nSPS) is 18.5. The number of hydrogen-bond donors (Lipinski definition) is 1. The van der Waals surface area contributed by atoms with E-state index in [2.05, 4.69) is 10.2 Å². The van der Waals surface area contributed by atoms with Crippen LogP contribution in [0.25, 0.3) is 0 Å². The van der Waals surface area contributed by atoms with E-state index in [9.17, 15) is 8.78 Å². The number of morpholine rings is 1. The van der Waals surface area contributed by atoms with Gasteiger partial charge >= 0.3 is 0 Å². The first-order valence-corrected chi connectivity index (χ1v) is 6.65. The quantitative estimate of drug-likeness (QED) is 0.885. The molecule has 1 fully saturated rings. The fourth-order valence-corrected chi connectivity index (χ4v) is 2.16. The fourth-order valence-electron chi connectivity index (χ4n) is 2.16. The van der Waals surface area contributed by atoms with Crippen LogP contribution in [0.2, 0.25) is 0 Å². The van der Waals surface area contributed by atoms with Crippen LogP contribution in [0.1, 0.15) is 18.5 Å². The number of rotatable bonds is 5. The number of halogens is 2. The van der Waals surface area contributed by atoms with Gasteiger partial charge in [0.05, 0.1) is 13.2 Å². The van der Waals surface area contributed by atoms with Crippen molar-refractivity contribution in [1.82, 2.24) is 10.2 Å². The van der Waals surface area contributed by atoms with Crippen LogP contribution < -0.4 is 5.32 Å². The fraction of sp³-hybridized carbons (Fsp3) is 0.571. The van der Waals surface area contributed by atoms with Gasteiger partial charge in [-0.15, -0.1) is 0 Å². The molecule has 0 aliphatic carbocycles. The predicted octanol–water partition coefficient (Wildman–Crippen LogP) is 1.95. The summed E-state index contributed by atoms with van der Waals surface area (Å²) in [6.07, 6.45) is 0. The van der Waals surface area contributed by atoms with Crippen molar-refractivity contribution in [2.75, 3.05) is 39.4 Å². The second kappa shape index (κ2) is 6.93. The van der Waals surface area contributed by atoms with E-state index in [1.54, 1.807) is 6.07 Å². The Morgan fingerprint density at radius 3 is 2.68 bits per heavy atom. The van der Waals surface area contributed by atoms with E-state index in [0.29, 0.717) is 0 Å². The molecule has 1 aromatic rings. The highest BCUT2D eigenvalue weighted by atomic mass is 19.2. The standard InChI is InChI=1S/C14H20F2N2O/c1-11(12-2-3-13(15)14(16)10-12)17-4-5-18-6-8-19-9-7-18/h2-3,10-11,17H,4-9H2,1H3. The summed E-state index contributed by atoms with van der Waals surface area (Å²) in [5.41, 5.74) is 0.765. The number of nitrogens with zero attached hydrogens (tertiary/aromatic N) is 1. The van der Waals surface area contributed by atoms with Crippen molar-refractivity contribution in [1.29, 1.82) is 0 Å². The molecule has 0 bridgehead atoms. The smallest absolute Gasteiger partial charge is 0.159 e. The molecule has 0 spiro atoms.